The molecule has 1 amide bonds. The maximum absolute atomic E-state index is 12.8. The molecule has 142 valence electrons. The highest BCUT2D eigenvalue weighted by molar-refractivity contribution is 6.04. The van der Waals surface area contributed by atoms with Crippen LogP contribution in [0.3, 0.4) is 0 Å². The van der Waals surface area contributed by atoms with Crippen molar-refractivity contribution in [3.05, 3.63) is 65.7 Å². The summed E-state index contributed by atoms with van der Waals surface area (Å²) in [6.45, 7) is 5.60. The number of carbonyl (C=O) groups excluding carboxylic acids is 2. The Morgan fingerprint density at radius 2 is 1.78 bits per heavy atom. The largest absolute Gasteiger partial charge is 0.330 e. The average Bonchev–Trinajstić information content (AvgIpc) is 3.12. The van der Waals surface area contributed by atoms with Crippen LogP contribution in [0.2, 0.25) is 0 Å². The fraction of sp³-hybridized carbons (Fsp3) is 0.364. The normalized spacial score (nSPS) is 21.0. The summed E-state index contributed by atoms with van der Waals surface area (Å²) in [6.07, 6.45) is 0. The summed E-state index contributed by atoms with van der Waals surface area (Å²) in [6, 6.07) is 17.2. The Hall–Kier alpha value is -2.50. The second kappa shape index (κ2) is 8.46. The molecule has 0 aromatic heterocycles. The molecule has 5 heteroatoms. The molecule has 0 spiro atoms. The van der Waals surface area contributed by atoms with E-state index >= 15 is 0 Å². The lowest BCUT2D eigenvalue weighted by Gasteiger charge is -2.24. The zero-order chi connectivity index (χ0) is 19.4. The van der Waals surface area contributed by atoms with Crippen LogP contribution in [0.5, 0.6) is 0 Å². The van der Waals surface area contributed by atoms with E-state index in [0.29, 0.717) is 29.6 Å². The number of hydrogen-bond acceptors (Lipinski definition) is 4. The zero-order valence-corrected chi connectivity index (χ0v) is 15.9. The summed E-state index contributed by atoms with van der Waals surface area (Å²) in [4.78, 5) is 26.8. The van der Waals surface area contributed by atoms with E-state index in [1.807, 2.05) is 31.2 Å². The minimum atomic E-state index is -0.298. The lowest BCUT2D eigenvalue weighted by atomic mass is 9.89. The molecule has 1 unspecified atom stereocenters. The molecule has 1 aliphatic rings. The average molecular weight is 365 g/mol. The van der Waals surface area contributed by atoms with E-state index in [1.165, 1.54) is 12.5 Å². The van der Waals surface area contributed by atoms with Gasteiger partial charge in [0.1, 0.15) is 0 Å². The highest BCUT2D eigenvalue weighted by Crippen LogP contribution is 2.33. The highest BCUT2D eigenvalue weighted by atomic mass is 16.2. The molecule has 1 saturated heterocycles. The van der Waals surface area contributed by atoms with E-state index in [4.69, 9.17) is 5.73 Å². The summed E-state index contributed by atoms with van der Waals surface area (Å²) in [5, 5.41) is 2.92. The van der Waals surface area contributed by atoms with Crippen LogP contribution >= 0.6 is 0 Å². The number of nitrogens with two attached hydrogens (primary N) is 1. The lowest BCUT2D eigenvalue weighted by molar-refractivity contribution is -0.120. The number of carbonyl (C=O) groups is 2. The molecule has 0 bridgehead atoms. The predicted molar refractivity (Wildman–Crippen MR) is 108 cm³/mol. The zero-order valence-electron chi connectivity index (χ0n) is 15.9. The first kappa shape index (κ1) is 19.3. The van der Waals surface area contributed by atoms with Gasteiger partial charge in [0.05, 0.1) is 11.7 Å². The van der Waals surface area contributed by atoms with Gasteiger partial charge in [0.25, 0.3) is 0 Å². The minimum absolute atomic E-state index is 0.0629. The molecule has 27 heavy (non-hydrogen) atoms. The maximum Gasteiger partial charge on any atom is 0.241 e. The SMILES string of the molecule is CC(=O)c1ccccc1NC(=O)C(C)N1C[C@@H](CN)[C@H](c2ccccc2)C1. The van der Waals surface area contributed by atoms with Crippen LogP contribution in [0.1, 0.15) is 35.7 Å². The molecule has 3 atom stereocenters. The number of hydrogen-bond donors (Lipinski definition) is 2. The first-order valence-corrected chi connectivity index (χ1v) is 9.41. The van der Waals surface area contributed by atoms with E-state index in [1.54, 1.807) is 18.2 Å². The van der Waals surface area contributed by atoms with Gasteiger partial charge in [0, 0.05) is 24.6 Å². The molecule has 0 saturated carbocycles. The van der Waals surface area contributed by atoms with E-state index in [0.717, 1.165) is 13.1 Å². The molecule has 3 N–H and O–H groups in total. The quantitative estimate of drug-likeness (QED) is 0.772. The molecule has 2 aromatic rings. The molecule has 0 radical (unpaired) electrons. The second-order valence-electron chi connectivity index (χ2n) is 7.23. The molecule has 5 nitrogen and oxygen atoms in total. The Morgan fingerprint density at radius 1 is 1.11 bits per heavy atom. The maximum atomic E-state index is 12.8. The monoisotopic (exact) mass is 365 g/mol. The predicted octanol–water partition coefficient (Wildman–Crippen LogP) is 2.89. The van der Waals surface area contributed by atoms with Gasteiger partial charge in [-0.2, -0.15) is 0 Å². The number of para-hydroxylation sites is 1. The fourth-order valence-corrected chi connectivity index (χ4v) is 3.84. The third-order valence-electron chi connectivity index (χ3n) is 5.49. The van der Waals surface area contributed by atoms with Crippen LogP contribution < -0.4 is 11.1 Å². The van der Waals surface area contributed by atoms with Gasteiger partial charge in [0.2, 0.25) is 5.91 Å². The standard InChI is InChI=1S/C22H27N3O2/c1-15(22(27)24-21-11-7-6-10-19(21)16(2)26)25-13-18(12-23)20(14-25)17-8-4-3-5-9-17/h3-11,15,18,20H,12-14,23H2,1-2H3,(H,24,27)/t15?,18-,20+/m1/s1. The first-order valence-electron chi connectivity index (χ1n) is 9.41. The highest BCUT2D eigenvalue weighted by Gasteiger charge is 2.37. The van der Waals surface area contributed by atoms with Crippen molar-refractivity contribution in [3.8, 4) is 0 Å². The van der Waals surface area contributed by atoms with Gasteiger partial charge >= 0.3 is 0 Å². The van der Waals surface area contributed by atoms with Gasteiger partial charge in [-0.25, -0.2) is 0 Å². The summed E-state index contributed by atoms with van der Waals surface area (Å²) in [5.41, 5.74) is 8.38. The van der Waals surface area contributed by atoms with Crippen molar-refractivity contribution < 1.29 is 9.59 Å². The van der Waals surface area contributed by atoms with Crippen LogP contribution in [0.15, 0.2) is 54.6 Å². The van der Waals surface area contributed by atoms with Crippen molar-refractivity contribution in [2.24, 2.45) is 11.7 Å². The molecular formula is C22H27N3O2. The number of ketones is 1. The van der Waals surface area contributed by atoms with Crippen LogP contribution in [0.4, 0.5) is 5.69 Å². The van der Waals surface area contributed by atoms with E-state index in [-0.39, 0.29) is 17.7 Å². The van der Waals surface area contributed by atoms with Crippen LogP contribution in [0.25, 0.3) is 0 Å². The number of nitrogens with one attached hydrogen (secondary N) is 1. The minimum Gasteiger partial charge on any atom is -0.330 e. The summed E-state index contributed by atoms with van der Waals surface area (Å²) < 4.78 is 0. The van der Waals surface area contributed by atoms with Crippen molar-refractivity contribution in [1.82, 2.24) is 4.90 Å². The van der Waals surface area contributed by atoms with Gasteiger partial charge in [-0.3, -0.25) is 14.5 Å². The molecule has 1 fully saturated rings. The molecule has 2 aromatic carbocycles. The van der Waals surface area contributed by atoms with E-state index < -0.39 is 0 Å². The Kier molecular flexibility index (Phi) is 6.04. The molecular weight excluding hydrogens is 338 g/mol. The van der Waals surface area contributed by atoms with Gasteiger partial charge in [0.15, 0.2) is 5.78 Å². The van der Waals surface area contributed by atoms with Crippen molar-refractivity contribution in [2.45, 2.75) is 25.8 Å². The Morgan fingerprint density at radius 3 is 2.44 bits per heavy atom. The molecule has 3 rings (SSSR count). The molecule has 1 aliphatic heterocycles. The second-order valence-corrected chi connectivity index (χ2v) is 7.23. The van der Waals surface area contributed by atoms with E-state index in [2.05, 4.69) is 22.3 Å². The van der Waals surface area contributed by atoms with Crippen molar-refractivity contribution in [3.63, 3.8) is 0 Å². The Bertz CT molecular complexity index is 806. The van der Waals surface area contributed by atoms with Crippen LogP contribution in [-0.4, -0.2) is 42.3 Å². The van der Waals surface area contributed by atoms with Gasteiger partial charge < -0.3 is 11.1 Å². The van der Waals surface area contributed by atoms with Crippen LogP contribution in [-0.2, 0) is 4.79 Å². The van der Waals surface area contributed by atoms with Crippen LogP contribution in [0, 0.1) is 5.92 Å². The fourth-order valence-electron chi connectivity index (χ4n) is 3.84. The topological polar surface area (TPSA) is 75.4 Å². The number of rotatable bonds is 6. The number of benzene rings is 2. The summed E-state index contributed by atoms with van der Waals surface area (Å²) in [7, 11) is 0. The number of anilines is 1. The van der Waals surface area contributed by atoms with Gasteiger partial charge in [-0.15, -0.1) is 0 Å². The molecule has 1 heterocycles. The van der Waals surface area contributed by atoms with Crippen molar-refractivity contribution >= 4 is 17.4 Å². The number of amides is 1. The lowest BCUT2D eigenvalue weighted by Crippen LogP contribution is -2.41. The van der Waals surface area contributed by atoms with E-state index in [9.17, 15) is 9.59 Å². The van der Waals surface area contributed by atoms with Crippen molar-refractivity contribution in [1.29, 1.82) is 0 Å². The Balaban J connectivity index is 1.71. The number of Topliss-reactive ketones (excluding diaryl/α,β-unsaturated/α-hetero) is 1. The summed E-state index contributed by atoms with van der Waals surface area (Å²) >= 11 is 0. The Labute approximate surface area is 160 Å². The van der Waals surface area contributed by atoms with Gasteiger partial charge in [-0.05, 0) is 44.0 Å². The number of nitrogens with zero attached hydrogens (tertiary/aromatic N) is 1. The smallest absolute Gasteiger partial charge is 0.241 e. The number of likely N-dealkylation sites (tertiary alicyclic amines) is 1. The third-order valence-corrected chi connectivity index (χ3v) is 5.49. The van der Waals surface area contributed by atoms with Crippen molar-refractivity contribution in [2.75, 3.05) is 25.0 Å². The first-order chi connectivity index (χ1) is 13.0. The van der Waals surface area contributed by atoms with Gasteiger partial charge in [-0.1, -0.05) is 42.5 Å². The molecule has 0 aliphatic carbocycles. The third kappa shape index (κ3) is 4.26. The summed E-state index contributed by atoms with van der Waals surface area (Å²) in [5.74, 6) is 0.489.